The molecular weight excluding hydrogens is 318 g/mol. The molecule has 24 heavy (non-hydrogen) atoms. The van der Waals surface area contributed by atoms with Crippen LogP contribution in [-0.4, -0.2) is 15.6 Å². The Morgan fingerprint density at radius 2 is 1.88 bits per heavy atom. The number of benzene rings is 2. The second-order valence-corrected chi connectivity index (χ2v) is 6.49. The molecule has 0 fully saturated rings. The van der Waals surface area contributed by atoms with Crippen molar-refractivity contribution in [3.63, 3.8) is 0 Å². The van der Waals surface area contributed by atoms with E-state index in [9.17, 15) is 4.79 Å². The van der Waals surface area contributed by atoms with Crippen molar-refractivity contribution in [2.45, 2.75) is 6.92 Å². The van der Waals surface area contributed by atoms with Gasteiger partial charge in [-0.3, -0.25) is 10.2 Å². The van der Waals surface area contributed by atoms with Gasteiger partial charge in [0.25, 0.3) is 5.91 Å². The van der Waals surface area contributed by atoms with E-state index in [1.807, 2.05) is 47.8 Å². The first kappa shape index (κ1) is 14.7. The van der Waals surface area contributed by atoms with Gasteiger partial charge < -0.3 is 0 Å². The molecule has 0 radical (unpaired) electrons. The molecule has 0 spiro atoms. The molecule has 0 aliphatic heterocycles. The predicted octanol–water partition coefficient (Wildman–Crippen LogP) is 4.46. The second-order valence-electron chi connectivity index (χ2n) is 5.57. The Balaban J connectivity index is 1.66. The van der Waals surface area contributed by atoms with Crippen LogP contribution in [0.3, 0.4) is 0 Å². The summed E-state index contributed by atoms with van der Waals surface area (Å²) in [4.78, 5) is 17.7. The highest BCUT2D eigenvalue weighted by molar-refractivity contribution is 7.12. The van der Waals surface area contributed by atoms with Crippen LogP contribution in [0.2, 0.25) is 0 Å². The van der Waals surface area contributed by atoms with Crippen LogP contribution in [0, 0.1) is 6.92 Å². The lowest BCUT2D eigenvalue weighted by Gasteiger charge is -2.08. The Bertz CT molecular complexity index is 1010. The molecule has 2 aromatic heterocycles. The topological polar surface area (TPSA) is 46.9 Å². The highest BCUT2D eigenvalue weighted by Gasteiger charge is 2.15. The van der Waals surface area contributed by atoms with Crippen molar-refractivity contribution in [3.05, 3.63) is 76.7 Å². The van der Waals surface area contributed by atoms with E-state index in [1.165, 1.54) is 16.9 Å². The van der Waals surface area contributed by atoms with E-state index in [0.29, 0.717) is 4.88 Å². The summed E-state index contributed by atoms with van der Waals surface area (Å²) < 4.78 is 1.66. The summed E-state index contributed by atoms with van der Waals surface area (Å²) >= 11 is 1.44. The van der Waals surface area contributed by atoms with Gasteiger partial charge in [-0.1, -0.05) is 42.0 Å². The zero-order valence-electron chi connectivity index (χ0n) is 13.1. The lowest BCUT2D eigenvalue weighted by atomic mass is 10.1. The number of hydrogen-bond acceptors (Lipinski definition) is 3. The first-order valence-corrected chi connectivity index (χ1v) is 8.48. The van der Waals surface area contributed by atoms with Crippen molar-refractivity contribution >= 4 is 28.3 Å². The molecule has 1 amide bonds. The number of carbonyl (C=O) groups excluding carboxylic acids is 1. The fourth-order valence-electron chi connectivity index (χ4n) is 2.65. The van der Waals surface area contributed by atoms with Crippen LogP contribution in [-0.2, 0) is 0 Å². The third kappa shape index (κ3) is 2.59. The molecule has 0 aliphatic rings. The van der Waals surface area contributed by atoms with Crippen LogP contribution < -0.4 is 5.43 Å². The summed E-state index contributed by atoms with van der Waals surface area (Å²) in [5.74, 6) is -0.135. The van der Waals surface area contributed by atoms with Crippen LogP contribution in [0.5, 0.6) is 0 Å². The molecule has 2 heterocycles. The number of fused-ring (bicyclic) bond motifs is 1. The van der Waals surface area contributed by atoms with Gasteiger partial charge in [-0.05, 0) is 36.1 Å². The van der Waals surface area contributed by atoms with Gasteiger partial charge in [0, 0.05) is 5.56 Å². The van der Waals surface area contributed by atoms with Crippen LogP contribution in [0.25, 0.3) is 22.2 Å². The van der Waals surface area contributed by atoms with Crippen molar-refractivity contribution in [2.75, 3.05) is 5.43 Å². The molecule has 2 aromatic carbocycles. The molecule has 4 nitrogen and oxygen atoms in total. The fraction of sp³-hybridized carbons (Fsp3) is 0.0526. The molecule has 4 rings (SSSR count). The van der Waals surface area contributed by atoms with Gasteiger partial charge in [-0.2, -0.15) is 0 Å². The first-order valence-electron chi connectivity index (χ1n) is 7.60. The van der Waals surface area contributed by atoms with Gasteiger partial charge >= 0.3 is 0 Å². The molecule has 4 aromatic rings. The van der Waals surface area contributed by atoms with Crippen molar-refractivity contribution < 1.29 is 4.79 Å². The van der Waals surface area contributed by atoms with Crippen molar-refractivity contribution in [1.82, 2.24) is 9.66 Å². The van der Waals surface area contributed by atoms with Gasteiger partial charge in [0.1, 0.15) is 11.2 Å². The number of aromatic nitrogens is 2. The van der Waals surface area contributed by atoms with Crippen LogP contribution in [0.1, 0.15) is 15.2 Å². The average Bonchev–Trinajstić information content (AvgIpc) is 3.23. The van der Waals surface area contributed by atoms with Crippen LogP contribution in [0.4, 0.5) is 0 Å². The number of nitrogens with one attached hydrogen (secondary N) is 1. The zero-order valence-corrected chi connectivity index (χ0v) is 13.9. The molecule has 118 valence electrons. The third-order valence-corrected chi connectivity index (χ3v) is 4.82. The maximum atomic E-state index is 12.7. The van der Waals surface area contributed by atoms with Crippen molar-refractivity contribution in [2.24, 2.45) is 0 Å². The number of hydrogen-bond donors (Lipinski definition) is 1. The minimum absolute atomic E-state index is 0.135. The van der Waals surface area contributed by atoms with E-state index in [0.717, 1.165) is 22.2 Å². The fourth-order valence-corrected chi connectivity index (χ4v) is 3.46. The van der Waals surface area contributed by atoms with E-state index in [4.69, 9.17) is 0 Å². The second kappa shape index (κ2) is 5.94. The molecule has 0 aliphatic carbocycles. The Morgan fingerprint density at radius 1 is 1.08 bits per heavy atom. The van der Waals surface area contributed by atoms with E-state index in [1.54, 1.807) is 11.0 Å². The largest absolute Gasteiger partial charge is 0.280 e. The van der Waals surface area contributed by atoms with Crippen molar-refractivity contribution in [1.29, 1.82) is 0 Å². The normalized spacial score (nSPS) is 10.9. The average molecular weight is 333 g/mol. The molecule has 5 heteroatoms. The van der Waals surface area contributed by atoms with Crippen LogP contribution >= 0.6 is 11.3 Å². The minimum atomic E-state index is -0.135. The van der Waals surface area contributed by atoms with E-state index in [2.05, 4.69) is 29.5 Å². The maximum absolute atomic E-state index is 12.7. The standard InChI is InChI=1S/C19H15N3OS/c1-13-6-8-14(9-7-13)15-10-11-24-18(15)19(23)21-22-12-20-16-4-2-3-5-17(16)22/h2-12H,1H3,(H,21,23). The SMILES string of the molecule is Cc1ccc(-c2ccsc2C(=O)Nn2cnc3ccccc32)cc1. The summed E-state index contributed by atoms with van der Waals surface area (Å²) in [6.07, 6.45) is 1.63. The van der Waals surface area contributed by atoms with Gasteiger partial charge in [-0.25, -0.2) is 9.66 Å². The third-order valence-electron chi connectivity index (χ3n) is 3.91. The summed E-state index contributed by atoms with van der Waals surface area (Å²) in [5.41, 5.74) is 7.83. The Kier molecular flexibility index (Phi) is 3.63. The summed E-state index contributed by atoms with van der Waals surface area (Å²) in [7, 11) is 0. The number of thiophene rings is 1. The minimum Gasteiger partial charge on any atom is -0.266 e. The number of para-hydroxylation sites is 2. The molecule has 0 unspecified atom stereocenters. The van der Waals surface area contributed by atoms with Gasteiger partial charge in [-0.15, -0.1) is 11.3 Å². The highest BCUT2D eigenvalue weighted by Crippen LogP contribution is 2.28. The number of nitrogens with zero attached hydrogens (tertiary/aromatic N) is 2. The Hall–Kier alpha value is -2.92. The quantitative estimate of drug-likeness (QED) is 0.602. The molecular formula is C19H15N3OS. The van der Waals surface area contributed by atoms with E-state index >= 15 is 0 Å². The first-order chi connectivity index (χ1) is 11.7. The number of amides is 1. The lowest BCUT2D eigenvalue weighted by Crippen LogP contribution is -2.21. The number of carbonyl (C=O) groups is 1. The highest BCUT2D eigenvalue weighted by atomic mass is 32.1. The monoisotopic (exact) mass is 333 g/mol. The van der Waals surface area contributed by atoms with Gasteiger partial charge in [0.05, 0.1) is 11.0 Å². The summed E-state index contributed by atoms with van der Waals surface area (Å²) in [5, 5.41) is 1.94. The Morgan fingerprint density at radius 3 is 2.71 bits per heavy atom. The zero-order chi connectivity index (χ0) is 16.5. The van der Waals surface area contributed by atoms with E-state index in [-0.39, 0.29) is 5.91 Å². The maximum Gasteiger partial charge on any atom is 0.280 e. The molecule has 0 atom stereocenters. The number of imidazole rings is 1. The lowest BCUT2D eigenvalue weighted by molar-refractivity contribution is 0.101. The van der Waals surface area contributed by atoms with Gasteiger partial charge in [0.15, 0.2) is 0 Å². The molecule has 1 N–H and O–H groups in total. The predicted molar refractivity (Wildman–Crippen MR) is 97.9 cm³/mol. The van der Waals surface area contributed by atoms with Gasteiger partial charge in [0.2, 0.25) is 0 Å². The molecule has 0 bridgehead atoms. The smallest absolute Gasteiger partial charge is 0.266 e. The summed E-state index contributed by atoms with van der Waals surface area (Å²) in [6, 6.07) is 17.9. The number of aryl methyl sites for hydroxylation is 1. The number of rotatable bonds is 3. The van der Waals surface area contributed by atoms with E-state index < -0.39 is 0 Å². The molecule has 0 saturated heterocycles. The van der Waals surface area contributed by atoms with Crippen molar-refractivity contribution in [3.8, 4) is 11.1 Å². The summed E-state index contributed by atoms with van der Waals surface area (Å²) in [6.45, 7) is 2.05. The Labute approximate surface area is 143 Å². The van der Waals surface area contributed by atoms with Crippen LogP contribution in [0.15, 0.2) is 66.3 Å². The molecule has 0 saturated carbocycles.